The lowest BCUT2D eigenvalue weighted by Gasteiger charge is -2.22. The number of hydrogen-bond donors (Lipinski definition) is 1. The van der Waals surface area contributed by atoms with Crippen molar-refractivity contribution in [2.75, 3.05) is 0 Å². The lowest BCUT2D eigenvalue weighted by atomic mass is 9.88. The van der Waals surface area contributed by atoms with Gasteiger partial charge in [-0.05, 0) is 18.1 Å². The van der Waals surface area contributed by atoms with Crippen molar-refractivity contribution < 1.29 is 9.90 Å². The zero-order valence-electron chi connectivity index (χ0n) is 10.3. The smallest absolute Gasteiger partial charge is 0.172 e. The van der Waals surface area contributed by atoms with Gasteiger partial charge in [-0.15, -0.1) is 0 Å². The van der Waals surface area contributed by atoms with Crippen molar-refractivity contribution in [2.24, 2.45) is 0 Å². The fourth-order valence-corrected chi connectivity index (χ4v) is 1.88. The Labute approximate surface area is 107 Å². The van der Waals surface area contributed by atoms with E-state index >= 15 is 0 Å². The Morgan fingerprint density at radius 2 is 1.50 bits per heavy atom. The second-order valence-corrected chi connectivity index (χ2v) is 4.52. The Morgan fingerprint density at radius 3 is 2.06 bits per heavy atom. The SMILES string of the molecule is CC(O)(C(=O)Cc1ccccc1)c1ccccc1. The van der Waals surface area contributed by atoms with Crippen LogP contribution in [0.15, 0.2) is 60.7 Å². The van der Waals surface area contributed by atoms with Crippen molar-refractivity contribution in [3.8, 4) is 0 Å². The normalized spacial score (nSPS) is 13.9. The molecule has 2 heteroatoms. The maximum Gasteiger partial charge on any atom is 0.172 e. The molecule has 2 nitrogen and oxygen atoms in total. The molecule has 2 aromatic carbocycles. The van der Waals surface area contributed by atoms with Crippen molar-refractivity contribution in [2.45, 2.75) is 18.9 Å². The number of aliphatic hydroxyl groups is 1. The van der Waals surface area contributed by atoms with Gasteiger partial charge in [-0.3, -0.25) is 4.79 Å². The third-order valence-electron chi connectivity index (χ3n) is 3.09. The van der Waals surface area contributed by atoms with Gasteiger partial charge < -0.3 is 5.11 Å². The second kappa shape index (κ2) is 5.15. The molecule has 0 heterocycles. The van der Waals surface area contributed by atoms with Gasteiger partial charge in [0.25, 0.3) is 0 Å². The van der Waals surface area contributed by atoms with Gasteiger partial charge in [0.15, 0.2) is 5.78 Å². The van der Waals surface area contributed by atoms with E-state index in [1.54, 1.807) is 19.1 Å². The molecule has 2 aromatic rings. The summed E-state index contributed by atoms with van der Waals surface area (Å²) in [5.74, 6) is -0.195. The summed E-state index contributed by atoms with van der Waals surface area (Å²) in [5, 5.41) is 10.4. The minimum Gasteiger partial charge on any atom is -0.378 e. The summed E-state index contributed by atoms with van der Waals surface area (Å²) in [4.78, 5) is 12.2. The van der Waals surface area contributed by atoms with E-state index in [-0.39, 0.29) is 12.2 Å². The maximum atomic E-state index is 12.2. The van der Waals surface area contributed by atoms with Gasteiger partial charge in [-0.2, -0.15) is 0 Å². The van der Waals surface area contributed by atoms with Gasteiger partial charge in [0.2, 0.25) is 0 Å². The summed E-state index contributed by atoms with van der Waals surface area (Å²) in [6.45, 7) is 1.55. The highest BCUT2D eigenvalue weighted by Crippen LogP contribution is 2.23. The number of benzene rings is 2. The third kappa shape index (κ3) is 2.66. The van der Waals surface area contributed by atoms with Gasteiger partial charge in [0.1, 0.15) is 5.60 Å². The molecule has 0 amide bonds. The molecule has 1 unspecified atom stereocenters. The molecule has 0 aliphatic rings. The first-order valence-electron chi connectivity index (χ1n) is 5.96. The van der Waals surface area contributed by atoms with Crippen molar-refractivity contribution in [1.29, 1.82) is 0 Å². The molecule has 92 valence electrons. The highest BCUT2D eigenvalue weighted by atomic mass is 16.3. The number of Topliss-reactive ketones (excluding diaryl/α,β-unsaturated/α-hetero) is 1. The molecule has 2 rings (SSSR count). The average molecular weight is 240 g/mol. The van der Waals surface area contributed by atoms with Crippen LogP contribution in [0.5, 0.6) is 0 Å². The van der Waals surface area contributed by atoms with E-state index in [4.69, 9.17) is 0 Å². The first kappa shape index (κ1) is 12.5. The van der Waals surface area contributed by atoms with Crippen molar-refractivity contribution in [1.82, 2.24) is 0 Å². The monoisotopic (exact) mass is 240 g/mol. The summed E-state index contributed by atoms with van der Waals surface area (Å²) in [6, 6.07) is 18.5. The molecule has 0 aliphatic heterocycles. The predicted octanol–water partition coefficient (Wildman–Crippen LogP) is 2.71. The lowest BCUT2D eigenvalue weighted by Crippen LogP contribution is -2.33. The Kier molecular flexibility index (Phi) is 3.58. The number of carbonyl (C=O) groups is 1. The van der Waals surface area contributed by atoms with E-state index in [2.05, 4.69) is 0 Å². The van der Waals surface area contributed by atoms with E-state index < -0.39 is 5.60 Å². The standard InChI is InChI=1S/C16H16O2/c1-16(18,14-10-6-3-7-11-14)15(17)12-13-8-4-2-5-9-13/h2-11,18H,12H2,1H3. The van der Waals surface area contributed by atoms with Crippen LogP contribution in [0.2, 0.25) is 0 Å². The molecule has 0 saturated heterocycles. The fourth-order valence-electron chi connectivity index (χ4n) is 1.88. The lowest BCUT2D eigenvalue weighted by molar-refractivity contribution is -0.135. The Bertz CT molecular complexity index is 515. The van der Waals surface area contributed by atoms with Gasteiger partial charge in [-0.1, -0.05) is 60.7 Å². The molecule has 0 fully saturated rings. The third-order valence-corrected chi connectivity index (χ3v) is 3.09. The van der Waals surface area contributed by atoms with E-state index in [1.807, 2.05) is 48.5 Å². The maximum absolute atomic E-state index is 12.2. The van der Waals surface area contributed by atoms with Crippen LogP contribution in [-0.2, 0) is 16.8 Å². The zero-order valence-corrected chi connectivity index (χ0v) is 10.3. The second-order valence-electron chi connectivity index (χ2n) is 4.52. The average Bonchev–Trinajstić information content (AvgIpc) is 2.41. The van der Waals surface area contributed by atoms with Crippen LogP contribution in [0.4, 0.5) is 0 Å². The largest absolute Gasteiger partial charge is 0.378 e. The van der Waals surface area contributed by atoms with Gasteiger partial charge in [0.05, 0.1) is 0 Å². The first-order valence-corrected chi connectivity index (χ1v) is 5.96. The molecule has 0 aromatic heterocycles. The zero-order chi connectivity index (χ0) is 13.0. The Morgan fingerprint density at radius 1 is 1.00 bits per heavy atom. The number of hydrogen-bond acceptors (Lipinski definition) is 2. The number of carbonyl (C=O) groups excluding carboxylic acids is 1. The summed E-state index contributed by atoms with van der Waals surface area (Å²) in [5.41, 5.74) is 0.113. The van der Waals surface area contributed by atoms with Gasteiger partial charge in [-0.25, -0.2) is 0 Å². The summed E-state index contributed by atoms with van der Waals surface area (Å²) in [6.07, 6.45) is 0.239. The van der Waals surface area contributed by atoms with Crippen LogP contribution in [-0.4, -0.2) is 10.9 Å². The van der Waals surface area contributed by atoms with Crippen LogP contribution in [0, 0.1) is 0 Å². The molecule has 0 saturated carbocycles. The molecule has 18 heavy (non-hydrogen) atoms. The van der Waals surface area contributed by atoms with Crippen LogP contribution in [0.1, 0.15) is 18.1 Å². The van der Waals surface area contributed by atoms with E-state index in [9.17, 15) is 9.90 Å². The molecule has 1 N–H and O–H groups in total. The summed E-state index contributed by atoms with van der Waals surface area (Å²) >= 11 is 0. The van der Waals surface area contributed by atoms with Crippen LogP contribution in [0.3, 0.4) is 0 Å². The molecule has 0 radical (unpaired) electrons. The van der Waals surface area contributed by atoms with Crippen molar-refractivity contribution >= 4 is 5.78 Å². The first-order chi connectivity index (χ1) is 8.60. The van der Waals surface area contributed by atoms with Crippen LogP contribution < -0.4 is 0 Å². The Hall–Kier alpha value is -1.93. The van der Waals surface area contributed by atoms with Crippen molar-refractivity contribution in [3.05, 3.63) is 71.8 Å². The minimum absolute atomic E-state index is 0.195. The minimum atomic E-state index is -1.43. The fraction of sp³-hybridized carbons (Fsp3) is 0.188. The highest BCUT2D eigenvalue weighted by Gasteiger charge is 2.31. The Balaban J connectivity index is 2.18. The molecule has 0 bridgehead atoms. The topological polar surface area (TPSA) is 37.3 Å². The molecular formula is C16H16O2. The number of rotatable bonds is 4. The van der Waals surface area contributed by atoms with Crippen LogP contribution >= 0.6 is 0 Å². The highest BCUT2D eigenvalue weighted by molar-refractivity contribution is 5.89. The number of ketones is 1. The van der Waals surface area contributed by atoms with Crippen LogP contribution in [0.25, 0.3) is 0 Å². The molecule has 0 aliphatic carbocycles. The molecule has 0 spiro atoms. The van der Waals surface area contributed by atoms with E-state index in [0.717, 1.165) is 5.56 Å². The molecule has 1 atom stereocenters. The summed E-state index contributed by atoms with van der Waals surface area (Å²) < 4.78 is 0. The quantitative estimate of drug-likeness (QED) is 0.892. The van der Waals surface area contributed by atoms with E-state index in [1.165, 1.54) is 0 Å². The van der Waals surface area contributed by atoms with Gasteiger partial charge >= 0.3 is 0 Å². The van der Waals surface area contributed by atoms with Crippen molar-refractivity contribution in [3.63, 3.8) is 0 Å². The molecular weight excluding hydrogens is 224 g/mol. The predicted molar refractivity (Wildman–Crippen MR) is 71.2 cm³/mol. The summed E-state index contributed by atoms with van der Waals surface area (Å²) in [7, 11) is 0. The van der Waals surface area contributed by atoms with E-state index in [0.29, 0.717) is 5.56 Å². The van der Waals surface area contributed by atoms with Gasteiger partial charge in [0, 0.05) is 6.42 Å².